The third-order valence-corrected chi connectivity index (χ3v) is 5.38. The average Bonchev–Trinajstić information content (AvgIpc) is 3.10. The minimum absolute atomic E-state index is 0.0133. The summed E-state index contributed by atoms with van der Waals surface area (Å²) in [7, 11) is 0. The second kappa shape index (κ2) is 7.11. The van der Waals surface area contributed by atoms with Gasteiger partial charge in [-0.2, -0.15) is 10.1 Å². The fourth-order valence-corrected chi connectivity index (χ4v) is 3.98. The van der Waals surface area contributed by atoms with E-state index in [1.54, 1.807) is 4.68 Å². The molecule has 1 aliphatic carbocycles. The standard InChI is InChI=1S/C19H21ClN4O2/c1-12-16(18(25)26-13-7-3-2-4-8-13)17(14-9-5-6-10-15(14)20)24-19(23-12)21-11-22-24/h5-6,9-11,13,17H,2-4,7-8H2,1H3,(H,21,22,23)/t17-/m0/s1. The molecule has 1 N–H and O–H groups in total. The van der Waals surface area contributed by atoms with Crippen LogP contribution in [0.1, 0.15) is 50.6 Å². The number of nitrogens with one attached hydrogen (secondary N) is 1. The average molecular weight is 373 g/mol. The molecule has 0 unspecified atom stereocenters. The highest BCUT2D eigenvalue weighted by Crippen LogP contribution is 2.38. The van der Waals surface area contributed by atoms with Crippen molar-refractivity contribution in [3.05, 3.63) is 52.4 Å². The molecule has 2 aromatic rings. The van der Waals surface area contributed by atoms with Crippen LogP contribution in [0.2, 0.25) is 5.02 Å². The first kappa shape index (κ1) is 17.1. The number of esters is 1. The highest BCUT2D eigenvalue weighted by atomic mass is 35.5. The molecule has 2 aliphatic rings. The van der Waals surface area contributed by atoms with Gasteiger partial charge in [-0.15, -0.1) is 0 Å². The fourth-order valence-electron chi connectivity index (χ4n) is 3.74. The molecule has 1 fully saturated rings. The first-order valence-corrected chi connectivity index (χ1v) is 9.35. The van der Waals surface area contributed by atoms with Gasteiger partial charge in [-0.25, -0.2) is 9.48 Å². The molecule has 1 aromatic carbocycles. The minimum atomic E-state index is -0.460. The topological polar surface area (TPSA) is 69.0 Å². The van der Waals surface area contributed by atoms with Gasteiger partial charge in [-0.3, -0.25) is 0 Å². The maximum Gasteiger partial charge on any atom is 0.338 e. The van der Waals surface area contributed by atoms with Gasteiger partial charge in [0.1, 0.15) is 18.5 Å². The van der Waals surface area contributed by atoms with Crippen molar-refractivity contribution in [1.82, 2.24) is 14.8 Å². The maximum atomic E-state index is 13.1. The van der Waals surface area contributed by atoms with Crippen LogP contribution in [-0.4, -0.2) is 26.8 Å². The van der Waals surface area contributed by atoms with Gasteiger partial charge in [0.05, 0.1) is 5.57 Å². The van der Waals surface area contributed by atoms with Crippen LogP contribution in [0.3, 0.4) is 0 Å². The predicted octanol–water partition coefficient (Wildman–Crippen LogP) is 4.10. The number of rotatable bonds is 3. The first-order chi connectivity index (χ1) is 12.6. The van der Waals surface area contributed by atoms with E-state index in [4.69, 9.17) is 16.3 Å². The van der Waals surface area contributed by atoms with E-state index < -0.39 is 6.04 Å². The minimum Gasteiger partial charge on any atom is -0.459 e. The number of carbonyl (C=O) groups excluding carboxylic acids is 1. The van der Waals surface area contributed by atoms with Gasteiger partial charge in [0.2, 0.25) is 5.95 Å². The number of nitrogens with zero attached hydrogens (tertiary/aromatic N) is 3. The lowest BCUT2D eigenvalue weighted by atomic mass is 9.95. The molecule has 7 heteroatoms. The maximum absolute atomic E-state index is 13.1. The van der Waals surface area contributed by atoms with Crippen LogP contribution >= 0.6 is 11.6 Å². The molecule has 0 amide bonds. The summed E-state index contributed by atoms with van der Waals surface area (Å²) in [5.41, 5.74) is 2.05. The Morgan fingerprint density at radius 3 is 2.81 bits per heavy atom. The van der Waals surface area contributed by atoms with E-state index in [9.17, 15) is 4.79 Å². The molecule has 0 bridgehead atoms. The number of hydrogen-bond acceptors (Lipinski definition) is 5. The highest BCUT2D eigenvalue weighted by Gasteiger charge is 2.36. The predicted molar refractivity (Wildman–Crippen MR) is 98.9 cm³/mol. The molecular weight excluding hydrogens is 352 g/mol. The molecule has 0 radical (unpaired) electrons. The van der Waals surface area contributed by atoms with Gasteiger partial charge in [0.15, 0.2) is 0 Å². The highest BCUT2D eigenvalue weighted by molar-refractivity contribution is 6.31. The summed E-state index contributed by atoms with van der Waals surface area (Å²) in [6, 6.07) is 7.03. The summed E-state index contributed by atoms with van der Waals surface area (Å²) in [5, 5.41) is 8.04. The molecule has 1 aromatic heterocycles. The van der Waals surface area contributed by atoms with Crippen molar-refractivity contribution in [3.63, 3.8) is 0 Å². The molecule has 1 atom stereocenters. The van der Waals surface area contributed by atoms with E-state index in [2.05, 4.69) is 15.4 Å². The molecule has 1 aliphatic heterocycles. The Morgan fingerprint density at radius 2 is 2.04 bits per heavy atom. The number of fused-ring (bicyclic) bond motifs is 1. The zero-order valence-electron chi connectivity index (χ0n) is 14.6. The van der Waals surface area contributed by atoms with Crippen LogP contribution in [0.15, 0.2) is 41.9 Å². The number of benzene rings is 1. The van der Waals surface area contributed by atoms with E-state index in [-0.39, 0.29) is 12.1 Å². The summed E-state index contributed by atoms with van der Waals surface area (Å²) >= 11 is 6.44. The van der Waals surface area contributed by atoms with Crippen molar-refractivity contribution in [2.75, 3.05) is 5.32 Å². The van der Waals surface area contributed by atoms with Crippen molar-refractivity contribution in [2.45, 2.75) is 51.2 Å². The van der Waals surface area contributed by atoms with Gasteiger partial charge in [-0.1, -0.05) is 36.2 Å². The Balaban J connectivity index is 1.72. The third-order valence-electron chi connectivity index (χ3n) is 5.04. The fraction of sp³-hybridized carbons (Fsp3) is 0.421. The Bertz CT molecular complexity index is 855. The van der Waals surface area contributed by atoms with Crippen LogP contribution in [0, 0.1) is 0 Å². The molecule has 0 spiro atoms. The molecule has 136 valence electrons. The number of carbonyl (C=O) groups is 1. The zero-order valence-corrected chi connectivity index (χ0v) is 15.4. The molecule has 26 heavy (non-hydrogen) atoms. The van der Waals surface area contributed by atoms with E-state index in [1.807, 2.05) is 31.2 Å². The van der Waals surface area contributed by atoms with Crippen LogP contribution < -0.4 is 5.32 Å². The van der Waals surface area contributed by atoms with Gasteiger partial charge in [-0.05, 0) is 38.7 Å². The summed E-state index contributed by atoms with van der Waals surface area (Å²) in [6.07, 6.45) is 6.73. The summed E-state index contributed by atoms with van der Waals surface area (Å²) in [5.74, 6) is 0.273. The number of hydrogen-bond donors (Lipinski definition) is 1. The second-order valence-electron chi connectivity index (χ2n) is 6.78. The Labute approximate surface area is 157 Å². The smallest absolute Gasteiger partial charge is 0.338 e. The Kier molecular flexibility index (Phi) is 4.68. The number of allylic oxidation sites excluding steroid dienone is 1. The van der Waals surface area contributed by atoms with E-state index >= 15 is 0 Å². The van der Waals surface area contributed by atoms with Gasteiger partial charge in [0, 0.05) is 16.3 Å². The molecule has 6 nitrogen and oxygen atoms in total. The Hall–Kier alpha value is -2.34. The van der Waals surface area contributed by atoms with Crippen LogP contribution in [0.5, 0.6) is 0 Å². The molecular formula is C19H21ClN4O2. The SMILES string of the molecule is CC1=C(C(=O)OC2CCCCC2)[C@H](c2ccccc2Cl)n2ncnc2N1. The van der Waals surface area contributed by atoms with E-state index in [0.717, 1.165) is 36.9 Å². The lowest BCUT2D eigenvalue weighted by Crippen LogP contribution is -2.32. The lowest BCUT2D eigenvalue weighted by molar-refractivity contribution is -0.146. The van der Waals surface area contributed by atoms with Crippen molar-refractivity contribution >= 4 is 23.5 Å². The van der Waals surface area contributed by atoms with Gasteiger partial charge < -0.3 is 10.1 Å². The number of aromatic nitrogens is 3. The monoisotopic (exact) mass is 372 g/mol. The van der Waals surface area contributed by atoms with E-state index in [1.165, 1.54) is 12.7 Å². The number of ether oxygens (including phenoxy) is 1. The third kappa shape index (κ3) is 3.09. The van der Waals surface area contributed by atoms with E-state index in [0.29, 0.717) is 16.5 Å². The van der Waals surface area contributed by atoms with Crippen LogP contribution in [0.4, 0.5) is 5.95 Å². The number of anilines is 1. The van der Waals surface area contributed by atoms with Crippen molar-refractivity contribution in [2.24, 2.45) is 0 Å². The van der Waals surface area contributed by atoms with Crippen molar-refractivity contribution in [3.8, 4) is 0 Å². The van der Waals surface area contributed by atoms with Gasteiger partial charge in [0.25, 0.3) is 0 Å². The molecule has 1 saturated carbocycles. The molecule has 0 saturated heterocycles. The Morgan fingerprint density at radius 1 is 1.27 bits per heavy atom. The molecule has 4 rings (SSSR count). The molecule has 2 heterocycles. The second-order valence-corrected chi connectivity index (χ2v) is 7.19. The summed E-state index contributed by atoms with van der Waals surface area (Å²) < 4.78 is 7.53. The first-order valence-electron chi connectivity index (χ1n) is 8.98. The van der Waals surface area contributed by atoms with Crippen molar-refractivity contribution in [1.29, 1.82) is 0 Å². The largest absolute Gasteiger partial charge is 0.459 e. The summed E-state index contributed by atoms with van der Waals surface area (Å²) in [4.78, 5) is 17.3. The van der Waals surface area contributed by atoms with Crippen molar-refractivity contribution < 1.29 is 9.53 Å². The number of halogens is 1. The quantitative estimate of drug-likeness (QED) is 0.821. The normalized spacial score (nSPS) is 20.5. The van der Waals surface area contributed by atoms with Crippen LogP contribution in [0.25, 0.3) is 0 Å². The zero-order chi connectivity index (χ0) is 18.1. The van der Waals surface area contributed by atoms with Crippen LogP contribution in [-0.2, 0) is 9.53 Å². The summed E-state index contributed by atoms with van der Waals surface area (Å²) in [6.45, 7) is 1.86. The lowest BCUT2D eigenvalue weighted by Gasteiger charge is -2.30. The van der Waals surface area contributed by atoms with Gasteiger partial charge >= 0.3 is 5.97 Å².